The van der Waals surface area contributed by atoms with E-state index in [1.165, 1.54) is 17.0 Å². The van der Waals surface area contributed by atoms with Gasteiger partial charge in [-0.15, -0.1) is 0 Å². The van der Waals surface area contributed by atoms with Crippen molar-refractivity contribution in [2.45, 2.75) is 12.1 Å². The van der Waals surface area contributed by atoms with Gasteiger partial charge in [-0.25, -0.2) is 4.39 Å². The summed E-state index contributed by atoms with van der Waals surface area (Å²) in [6.45, 7) is 1.00. The monoisotopic (exact) mass is 272 g/mol. The summed E-state index contributed by atoms with van der Waals surface area (Å²) in [4.78, 5) is 13.6. The summed E-state index contributed by atoms with van der Waals surface area (Å²) >= 11 is 5.64. The fourth-order valence-electron chi connectivity index (χ4n) is 2.03. The van der Waals surface area contributed by atoms with Crippen molar-refractivity contribution in [3.05, 3.63) is 34.6 Å². The molecular weight excluding hydrogens is 259 g/mol. The molecule has 1 aliphatic heterocycles. The molecule has 1 fully saturated rings. The van der Waals surface area contributed by atoms with E-state index >= 15 is 0 Å². The van der Waals surface area contributed by atoms with Gasteiger partial charge in [-0.3, -0.25) is 4.79 Å². The first-order chi connectivity index (χ1) is 8.50. The molecule has 0 spiro atoms. The molecule has 0 bridgehead atoms. The first kappa shape index (κ1) is 13.3. The van der Waals surface area contributed by atoms with E-state index in [0.29, 0.717) is 18.7 Å². The van der Waals surface area contributed by atoms with E-state index in [9.17, 15) is 14.3 Å². The molecule has 1 aromatic rings. The van der Waals surface area contributed by atoms with E-state index in [-0.39, 0.29) is 17.0 Å². The minimum absolute atomic E-state index is 0.0839. The number of carbonyl (C=O) groups excluding carboxylic acids is 1. The Bertz CT molecular complexity index is 469. The van der Waals surface area contributed by atoms with Crippen molar-refractivity contribution < 1.29 is 14.3 Å². The average molecular weight is 273 g/mol. The van der Waals surface area contributed by atoms with Gasteiger partial charge in [-0.2, -0.15) is 0 Å². The van der Waals surface area contributed by atoms with E-state index < -0.39 is 11.9 Å². The topological polar surface area (TPSA) is 52.6 Å². The highest BCUT2D eigenvalue weighted by atomic mass is 35.5. The van der Waals surface area contributed by atoms with Gasteiger partial charge in [0.1, 0.15) is 5.82 Å². The molecule has 2 rings (SSSR count). The number of nitrogens with zero attached hydrogens (tertiary/aromatic N) is 1. The molecule has 2 N–H and O–H groups in total. The third-order valence-electron chi connectivity index (χ3n) is 3.14. The van der Waals surface area contributed by atoms with Crippen molar-refractivity contribution in [3.63, 3.8) is 0 Å². The number of halogens is 2. The molecule has 0 unspecified atom stereocenters. The van der Waals surface area contributed by atoms with Crippen molar-refractivity contribution in [2.75, 3.05) is 20.1 Å². The quantitative estimate of drug-likeness (QED) is 0.841. The number of nitrogens with one attached hydrogen (secondary N) is 1. The fraction of sp³-hybridized carbons (Fsp3) is 0.417. The van der Waals surface area contributed by atoms with E-state index in [0.717, 1.165) is 6.07 Å². The Morgan fingerprint density at radius 1 is 1.56 bits per heavy atom. The summed E-state index contributed by atoms with van der Waals surface area (Å²) in [7, 11) is 1.61. The Morgan fingerprint density at radius 3 is 2.83 bits per heavy atom. The van der Waals surface area contributed by atoms with Crippen LogP contribution in [0.4, 0.5) is 4.39 Å². The third-order valence-corrected chi connectivity index (χ3v) is 3.43. The summed E-state index contributed by atoms with van der Waals surface area (Å²) in [5.41, 5.74) is 0.308. The molecule has 1 heterocycles. The van der Waals surface area contributed by atoms with Crippen LogP contribution in [0.3, 0.4) is 0 Å². The zero-order valence-electron chi connectivity index (χ0n) is 9.86. The summed E-state index contributed by atoms with van der Waals surface area (Å²) in [5.74, 6) is -0.844. The molecule has 4 nitrogen and oxygen atoms in total. The smallest absolute Gasteiger partial charge is 0.254 e. The predicted octanol–water partition coefficient (Wildman–Crippen LogP) is 0.884. The van der Waals surface area contributed by atoms with Crippen LogP contribution in [0.5, 0.6) is 0 Å². The standard InChI is InChI=1S/C12H14ClFN2O2/c1-16(10-5-15-6-11(10)17)12(18)7-2-3-9(14)8(13)4-7/h2-4,10-11,15,17H,5-6H2,1H3/t10-,11-/m1/s1. The zero-order valence-corrected chi connectivity index (χ0v) is 10.6. The molecule has 1 amide bonds. The van der Waals surface area contributed by atoms with Crippen molar-refractivity contribution >= 4 is 17.5 Å². The number of hydrogen-bond donors (Lipinski definition) is 2. The number of hydrogen-bond acceptors (Lipinski definition) is 3. The number of β-amino-alcohol motifs (C(OH)–C–C–N with tert-alkyl or cyclic N) is 1. The highest BCUT2D eigenvalue weighted by Gasteiger charge is 2.31. The van der Waals surface area contributed by atoms with E-state index in [2.05, 4.69) is 5.32 Å². The molecule has 0 radical (unpaired) electrons. The Balaban J connectivity index is 2.17. The third kappa shape index (κ3) is 2.48. The van der Waals surface area contributed by atoms with Gasteiger partial charge in [0.05, 0.1) is 17.2 Å². The molecule has 18 heavy (non-hydrogen) atoms. The van der Waals surface area contributed by atoms with Crippen LogP contribution in [0.1, 0.15) is 10.4 Å². The van der Waals surface area contributed by atoms with Crippen molar-refractivity contribution in [1.82, 2.24) is 10.2 Å². The lowest BCUT2D eigenvalue weighted by molar-refractivity contribution is 0.0581. The van der Waals surface area contributed by atoms with Crippen molar-refractivity contribution in [1.29, 1.82) is 0 Å². The Morgan fingerprint density at radius 2 is 2.28 bits per heavy atom. The van der Waals surface area contributed by atoms with Crippen LogP contribution in [-0.4, -0.2) is 48.2 Å². The van der Waals surface area contributed by atoms with Crippen LogP contribution in [0.25, 0.3) is 0 Å². The maximum atomic E-state index is 13.0. The molecule has 1 aliphatic rings. The molecule has 1 aromatic carbocycles. The van der Waals surface area contributed by atoms with E-state index in [1.54, 1.807) is 7.05 Å². The summed E-state index contributed by atoms with van der Waals surface area (Å²) in [6.07, 6.45) is -0.588. The number of aliphatic hydroxyl groups excluding tert-OH is 1. The molecule has 1 saturated heterocycles. The zero-order chi connectivity index (χ0) is 13.3. The first-order valence-corrected chi connectivity index (χ1v) is 5.99. The summed E-state index contributed by atoms with van der Waals surface area (Å²) in [5, 5.41) is 12.6. The molecule has 0 saturated carbocycles. The lowest BCUT2D eigenvalue weighted by atomic mass is 10.1. The van der Waals surface area contributed by atoms with Gasteiger partial charge < -0.3 is 15.3 Å². The molecule has 0 aliphatic carbocycles. The minimum Gasteiger partial charge on any atom is -0.390 e. The Labute approximate surface area is 109 Å². The lowest BCUT2D eigenvalue weighted by Gasteiger charge is -2.26. The van der Waals surface area contributed by atoms with Crippen LogP contribution in [-0.2, 0) is 0 Å². The fourth-order valence-corrected chi connectivity index (χ4v) is 2.21. The summed E-state index contributed by atoms with van der Waals surface area (Å²) in [6, 6.07) is 3.56. The number of aliphatic hydroxyl groups is 1. The Kier molecular flexibility index (Phi) is 3.85. The number of amides is 1. The minimum atomic E-state index is -0.588. The SMILES string of the molecule is CN(C(=O)c1ccc(F)c(Cl)c1)[C@@H]1CNC[C@H]1O. The molecule has 0 aromatic heterocycles. The van der Waals surface area contributed by atoms with Crippen LogP contribution in [0.2, 0.25) is 5.02 Å². The molecule has 2 atom stereocenters. The van der Waals surface area contributed by atoms with Gasteiger partial charge in [0.2, 0.25) is 0 Å². The first-order valence-electron chi connectivity index (χ1n) is 5.61. The maximum Gasteiger partial charge on any atom is 0.254 e. The van der Waals surface area contributed by atoms with Gasteiger partial charge >= 0.3 is 0 Å². The van der Waals surface area contributed by atoms with Gasteiger partial charge in [0.15, 0.2) is 0 Å². The maximum absolute atomic E-state index is 13.0. The van der Waals surface area contributed by atoms with Crippen molar-refractivity contribution in [3.8, 4) is 0 Å². The van der Waals surface area contributed by atoms with Crippen molar-refractivity contribution in [2.24, 2.45) is 0 Å². The normalized spacial score (nSPS) is 23.1. The van der Waals surface area contributed by atoms with Gasteiger partial charge in [-0.05, 0) is 18.2 Å². The lowest BCUT2D eigenvalue weighted by Crippen LogP contribution is -2.44. The van der Waals surface area contributed by atoms with Gasteiger partial charge in [-0.1, -0.05) is 11.6 Å². The number of benzene rings is 1. The predicted molar refractivity (Wildman–Crippen MR) is 66.2 cm³/mol. The second-order valence-electron chi connectivity index (χ2n) is 4.34. The highest BCUT2D eigenvalue weighted by molar-refractivity contribution is 6.31. The van der Waals surface area contributed by atoms with Crippen LogP contribution in [0.15, 0.2) is 18.2 Å². The number of rotatable bonds is 2. The second kappa shape index (κ2) is 5.22. The molecule has 6 heteroatoms. The summed E-state index contributed by atoms with van der Waals surface area (Å²) < 4.78 is 13.0. The number of likely N-dealkylation sites (N-methyl/N-ethyl adjacent to an activating group) is 1. The van der Waals surface area contributed by atoms with Gasteiger partial charge in [0, 0.05) is 25.7 Å². The van der Waals surface area contributed by atoms with Crippen LogP contribution >= 0.6 is 11.6 Å². The second-order valence-corrected chi connectivity index (χ2v) is 4.75. The largest absolute Gasteiger partial charge is 0.390 e. The number of carbonyl (C=O) groups is 1. The molecular formula is C12H14ClFN2O2. The van der Waals surface area contributed by atoms with E-state index in [1.807, 2.05) is 0 Å². The van der Waals surface area contributed by atoms with E-state index in [4.69, 9.17) is 11.6 Å². The van der Waals surface area contributed by atoms with Crippen LogP contribution < -0.4 is 5.32 Å². The average Bonchev–Trinajstić information content (AvgIpc) is 2.77. The van der Waals surface area contributed by atoms with Crippen LogP contribution in [0, 0.1) is 5.82 Å². The highest BCUT2D eigenvalue weighted by Crippen LogP contribution is 2.18. The van der Waals surface area contributed by atoms with Gasteiger partial charge in [0.25, 0.3) is 5.91 Å². The Hall–Kier alpha value is -1.17. The molecule has 98 valence electrons.